The summed E-state index contributed by atoms with van der Waals surface area (Å²) in [7, 11) is 6.12. The smallest absolute Gasteiger partial charge is 0.310 e. The lowest BCUT2D eigenvalue weighted by Gasteiger charge is -2.32. The molecule has 0 aromatic heterocycles. The van der Waals surface area contributed by atoms with Crippen molar-refractivity contribution in [3.8, 4) is 0 Å². The molecule has 28 heavy (non-hydrogen) atoms. The monoisotopic (exact) mass is 418 g/mol. The number of rotatable bonds is 20. The second kappa shape index (κ2) is 18.7. The van der Waals surface area contributed by atoms with Crippen molar-refractivity contribution < 1.29 is 14.0 Å². The first-order chi connectivity index (χ1) is 13.4. The van der Waals surface area contributed by atoms with Crippen LogP contribution in [0.2, 0.25) is 0 Å². The van der Waals surface area contributed by atoms with Crippen LogP contribution in [0.25, 0.3) is 0 Å². The molecule has 0 bridgehead atoms. The van der Waals surface area contributed by atoms with Crippen LogP contribution in [0.1, 0.15) is 116 Å². The van der Waals surface area contributed by atoms with Crippen molar-refractivity contribution in [3.05, 3.63) is 0 Å². The van der Waals surface area contributed by atoms with Crippen LogP contribution in [0, 0.1) is 0 Å². The summed E-state index contributed by atoms with van der Waals surface area (Å²) in [5, 5.41) is 0. The zero-order valence-electron chi connectivity index (χ0n) is 19.4. The molecule has 0 saturated heterocycles. The third kappa shape index (κ3) is 17.8. The van der Waals surface area contributed by atoms with E-state index >= 15 is 0 Å². The molecule has 0 saturated carbocycles. The van der Waals surface area contributed by atoms with Gasteiger partial charge >= 0.3 is 5.97 Å². The van der Waals surface area contributed by atoms with E-state index in [0.717, 1.165) is 12.8 Å². The Labute approximate surface area is 181 Å². The van der Waals surface area contributed by atoms with Crippen LogP contribution in [-0.4, -0.2) is 43.7 Å². The molecule has 0 rings (SSSR count). The molecule has 0 aromatic rings. The Bertz CT molecular complexity index is 355. The Morgan fingerprint density at radius 2 is 1.14 bits per heavy atom. The lowest BCUT2D eigenvalue weighted by molar-refractivity contribution is -0.916. The second-order valence-electron chi connectivity index (χ2n) is 9.24. The van der Waals surface area contributed by atoms with Gasteiger partial charge in [0.1, 0.15) is 0 Å². The van der Waals surface area contributed by atoms with E-state index in [0.29, 0.717) is 23.2 Å². The van der Waals surface area contributed by atoms with Crippen LogP contribution in [-0.2, 0) is 9.53 Å². The highest BCUT2D eigenvalue weighted by molar-refractivity contribution is 6.17. The maximum absolute atomic E-state index is 12.0. The third-order valence-electron chi connectivity index (χ3n) is 5.47. The van der Waals surface area contributed by atoms with Crippen molar-refractivity contribution in [1.29, 1.82) is 0 Å². The van der Waals surface area contributed by atoms with Crippen molar-refractivity contribution in [1.82, 2.24) is 0 Å². The molecule has 0 heterocycles. The summed E-state index contributed by atoms with van der Waals surface area (Å²) in [4.78, 5) is 12.0. The van der Waals surface area contributed by atoms with Gasteiger partial charge in [0.05, 0.1) is 27.6 Å². The first kappa shape index (κ1) is 27.7. The van der Waals surface area contributed by atoms with Gasteiger partial charge < -0.3 is 4.74 Å². The highest BCUT2D eigenvalue weighted by Gasteiger charge is 2.26. The van der Waals surface area contributed by atoms with E-state index in [-0.39, 0.29) is 12.2 Å². The lowest BCUT2D eigenvalue weighted by atomic mass is 10.0. The van der Waals surface area contributed by atoms with Crippen LogP contribution in [0.5, 0.6) is 0 Å². The average molecular weight is 419 g/mol. The molecule has 4 heteroatoms. The van der Waals surface area contributed by atoms with E-state index in [1.165, 1.54) is 83.5 Å². The zero-order chi connectivity index (χ0) is 21.1. The molecule has 0 spiro atoms. The fraction of sp³-hybridized carbons (Fsp3) is 0.958. The van der Waals surface area contributed by atoms with Gasteiger partial charge in [-0.25, -0.2) is 0 Å². The van der Waals surface area contributed by atoms with Gasteiger partial charge in [0.15, 0.2) is 0 Å². The molecule has 0 aliphatic rings. The van der Waals surface area contributed by atoms with E-state index in [2.05, 4.69) is 6.92 Å². The first-order valence-corrected chi connectivity index (χ1v) is 12.5. The topological polar surface area (TPSA) is 26.3 Å². The molecule has 1 unspecified atom stereocenters. The van der Waals surface area contributed by atoms with Crippen molar-refractivity contribution in [2.45, 2.75) is 122 Å². The molecule has 3 nitrogen and oxygen atoms in total. The zero-order valence-corrected chi connectivity index (χ0v) is 20.2. The van der Waals surface area contributed by atoms with E-state index in [4.69, 9.17) is 16.3 Å². The molecular weight excluding hydrogens is 370 g/mol. The number of halogens is 1. The summed E-state index contributed by atoms with van der Waals surface area (Å²) in [6, 6.07) is 0. The predicted molar refractivity (Wildman–Crippen MR) is 123 cm³/mol. The van der Waals surface area contributed by atoms with Gasteiger partial charge in [0, 0.05) is 12.3 Å². The fourth-order valence-corrected chi connectivity index (χ4v) is 3.74. The number of hydrogen-bond acceptors (Lipinski definition) is 2. The van der Waals surface area contributed by atoms with Crippen molar-refractivity contribution in [2.24, 2.45) is 0 Å². The highest BCUT2D eigenvalue weighted by Crippen LogP contribution is 2.15. The van der Waals surface area contributed by atoms with Crippen LogP contribution in [0.15, 0.2) is 0 Å². The van der Waals surface area contributed by atoms with Crippen LogP contribution in [0.3, 0.4) is 0 Å². The lowest BCUT2D eigenvalue weighted by Crippen LogP contribution is -2.47. The fourth-order valence-electron chi connectivity index (χ4n) is 3.55. The van der Waals surface area contributed by atoms with Gasteiger partial charge in [0.2, 0.25) is 6.23 Å². The van der Waals surface area contributed by atoms with Gasteiger partial charge in [-0.05, 0) is 6.42 Å². The Morgan fingerprint density at radius 1 is 0.750 bits per heavy atom. The number of nitrogens with zero attached hydrogens (tertiary/aromatic N) is 1. The molecule has 0 aliphatic carbocycles. The summed E-state index contributed by atoms with van der Waals surface area (Å²) in [6.07, 6.45) is 21.2. The Morgan fingerprint density at radius 3 is 1.50 bits per heavy atom. The van der Waals surface area contributed by atoms with Crippen molar-refractivity contribution in [3.63, 3.8) is 0 Å². The molecule has 168 valence electrons. The molecule has 0 amide bonds. The highest BCUT2D eigenvalue weighted by atomic mass is 35.5. The SMILES string of the molecule is CCCCCCCCCCCCCCCCCC(=O)OC(CCCl)[N+](C)(C)C. The maximum atomic E-state index is 12.0. The minimum absolute atomic E-state index is 0.0714. The second-order valence-corrected chi connectivity index (χ2v) is 9.62. The van der Waals surface area contributed by atoms with Gasteiger partial charge in [-0.15, -0.1) is 11.6 Å². The predicted octanol–water partition coefficient (Wildman–Crippen LogP) is 7.45. The minimum Gasteiger partial charge on any atom is -0.412 e. The standard InChI is InChI=1S/C24H49ClNO2/c1-5-6-7-8-9-10-11-12-13-14-15-16-17-18-19-20-24(27)28-23(21-22-25)26(2,3)4/h23H,5-22H2,1-4H3/q+1. The van der Waals surface area contributed by atoms with Crippen LogP contribution < -0.4 is 0 Å². The maximum Gasteiger partial charge on any atom is 0.310 e. The quantitative estimate of drug-likeness (QED) is 0.0674. The number of quaternary nitrogens is 1. The number of ether oxygens (including phenoxy) is 1. The molecule has 0 N–H and O–H groups in total. The van der Waals surface area contributed by atoms with E-state index in [9.17, 15) is 4.79 Å². The molecule has 0 aliphatic heterocycles. The molecule has 0 aromatic carbocycles. The third-order valence-corrected chi connectivity index (χ3v) is 5.69. The Kier molecular flexibility index (Phi) is 18.5. The van der Waals surface area contributed by atoms with Gasteiger partial charge in [-0.2, -0.15) is 0 Å². The summed E-state index contributed by atoms with van der Waals surface area (Å²) in [5.74, 6) is 0.449. The number of esters is 1. The molecule has 0 radical (unpaired) electrons. The minimum atomic E-state index is -0.138. The average Bonchev–Trinajstić information content (AvgIpc) is 2.63. The van der Waals surface area contributed by atoms with E-state index in [1.54, 1.807) is 0 Å². The normalized spacial score (nSPS) is 12.9. The Hall–Kier alpha value is -0.280. The molecule has 1 atom stereocenters. The molecule has 0 fully saturated rings. The van der Waals surface area contributed by atoms with Gasteiger partial charge in [0.25, 0.3) is 0 Å². The molecular formula is C24H49ClNO2+. The summed E-state index contributed by atoms with van der Waals surface area (Å²) < 4.78 is 6.23. The van der Waals surface area contributed by atoms with E-state index < -0.39 is 0 Å². The summed E-state index contributed by atoms with van der Waals surface area (Å²) >= 11 is 5.83. The van der Waals surface area contributed by atoms with Crippen LogP contribution in [0.4, 0.5) is 0 Å². The number of unbranched alkanes of at least 4 members (excludes halogenated alkanes) is 14. The van der Waals surface area contributed by atoms with Gasteiger partial charge in [-0.3, -0.25) is 9.28 Å². The number of hydrogen-bond donors (Lipinski definition) is 0. The summed E-state index contributed by atoms with van der Waals surface area (Å²) in [5.41, 5.74) is 0. The van der Waals surface area contributed by atoms with Gasteiger partial charge in [-0.1, -0.05) is 96.8 Å². The van der Waals surface area contributed by atoms with Crippen molar-refractivity contribution >= 4 is 17.6 Å². The van der Waals surface area contributed by atoms with Crippen molar-refractivity contribution in [2.75, 3.05) is 27.0 Å². The Balaban J connectivity index is 3.42. The number of alkyl halides is 1. The summed E-state index contributed by atoms with van der Waals surface area (Å²) in [6.45, 7) is 2.28. The van der Waals surface area contributed by atoms with Crippen LogP contribution >= 0.6 is 11.6 Å². The van der Waals surface area contributed by atoms with E-state index in [1.807, 2.05) is 21.1 Å². The number of carbonyl (C=O) groups is 1. The first-order valence-electron chi connectivity index (χ1n) is 12.0. The largest absolute Gasteiger partial charge is 0.412 e. The number of carbonyl (C=O) groups excluding carboxylic acids is 1.